The summed E-state index contributed by atoms with van der Waals surface area (Å²) < 4.78 is 0. The molecular weight excluding hydrogens is 601 g/mol. The van der Waals surface area contributed by atoms with Crippen molar-refractivity contribution in [3.63, 3.8) is 0 Å². The van der Waals surface area contributed by atoms with E-state index < -0.39 is 0 Å². The maximum absolute atomic E-state index is 2.48. The van der Waals surface area contributed by atoms with Gasteiger partial charge in [-0.15, -0.1) is 0 Å². The summed E-state index contributed by atoms with van der Waals surface area (Å²) in [5.74, 6) is 0.466. The van der Waals surface area contributed by atoms with Crippen molar-refractivity contribution < 1.29 is 0 Å². The van der Waals surface area contributed by atoms with Crippen LogP contribution in [0.25, 0.3) is 75.8 Å². The average molecular weight is 639 g/mol. The zero-order valence-electron chi connectivity index (χ0n) is 28.4. The lowest BCUT2D eigenvalue weighted by Crippen LogP contribution is -2.11. The standard InChI is InChI=1S/C50H38/c1-3-13-31-29(9-1)11-5-15-33(31)35-21-23-41-45-27-28-46-42-24-22-36(34-16-6-12-30-10-2-4-14-32(30)34)38-18-8-20-40(48(38)42)44-26-25-43(49(45)50(44)46)39-19-7-17-37(35)47(39)41/h1,3,6-9,12-13,16-24,27-28,33H,2,4-5,10-11,14-15,25-26H2. The minimum Gasteiger partial charge on any atom is -0.0620 e. The van der Waals surface area contributed by atoms with Gasteiger partial charge in [-0.25, -0.2) is 0 Å². The third-order valence-electron chi connectivity index (χ3n) is 13.2. The maximum atomic E-state index is 2.48. The van der Waals surface area contributed by atoms with E-state index in [1.807, 2.05) is 0 Å². The molecule has 0 bridgehead atoms. The van der Waals surface area contributed by atoms with Gasteiger partial charge in [-0.2, -0.15) is 0 Å². The molecule has 0 saturated heterocycles. The van der Waals surface area contributed by atoms with Crippen molar-refractivity contribution in [3.8, 4) is 11.1 Å². The van der Waals surface area contributed by atoms with Crippen molar-refractivity contribution in [2.45, 2.75) is 63.7 Å². The molecule has 0 heteroatoms. The number of hydrogen-bond acceptors (Lipinski definition) is 0. The predicted octanol–water partition coefficient (Wildman–Crippen LogP) is 13.2. The van der Waals surface area contributed by atoms with Crippen LogP contribution in [-0.2, 0) is 32.1 Å². The normalized spacial score (nSPS) is 17.1. The van der Waals surface area contributed by atoms with Gasteiger partial charge in [0, 0.05) is 5.92 Å². The van der Waals surface area contributed by atoms with Gasteiger partial charge in [0.2, 0.25) is 0 Å². The largest absolute Gasteiger partial charge is 0.0620 e. The van der Waals surface area contributed by atoms with Crippen LogP contribution in [0.2, 0.25) is 0 Å². The molecule has 0 heterocycles. The van der Waals surface area contributed by atoms with Crippen LogP contribution in [0.15, 0.2) is 115 Å². The first-order chi connectivity index (χ1) is 24.8. The van der Waals surface area contributed by atoms with E-state index in [0.29, 0.717) is 5.92 Å². The highest BCUT2D eigenvalue weighted by atomic mass is 14.3. The molecule has 0 N–H and O–H groups in total. The summed E-state index contributed by atoms with van der Waals surface area (Å²) in [6.45, 7) is 0. The Labute approximate surface area is 292 Å². The van der Waals surface area contributed by atoms with Crippen LogP contribution < -0.4 is 0 Å². The second-order valence-corrected chi connectivity index (χ2v) is 15.5. The van der Waals surface area contributed by atoms with Crippen molar-refractivity contribution in [1.29, 1.82) is 0 Å². The van der Waals surface area contributed by atoms with Gasteiger partial charge in [-0.3, -0.25) is 0 Å². The van der Waals surface area contributed by atoms with Gasteiger partial charge in [0.1, 0.15) is 0 Å². The van der Waals surface area contributed by atoms with Crippen molar-refractivity contribution in [3.05, 3.63) is 154 Å². The van der Waals surface area contributed by atoms with Gasteiger partial charge in [-0.05, 0) is 172 Å². The SMILES string of the molecule is c1ccc2c(c1)CCCC2c1ccc2c3ccc4c5ccc(-c6cccc7c6CCCC7)c6cccc(c7c4c3c(c3cccc1c32)CC7)c65. The molecule has 238 valence electrons. The van der Waals surface area contributed by atoms with Gasteiger partial charge < -0.3 is 0 Å². The smallest absolute Gasteiger partial charge is 0.00983 e. The van der Waals surface area contributed by atoms with Gasteiger partial charge in [0.05, 0.1) is 0 Å². The molecule has 9 aromatic rings. The van der Waals surface area contributed by atoms with Crippen molar-refractivity contribution >= 4 is 64.6 Å². The Morgan fingerprint density at radius 1 is 0.320 bits per heavy atom. The van der Waals surface area contributed by atoms with Crippen LogP contribution in [0.4, 0.5) is 0 Å². The maximum Gasteiger partial charge on any atom is 0.00983 e. The molecule has 0 aromatic heterocycles. The summed E-state index contributed by atoms with van der Waals surface area (Å²) in [6, 6.07) is 45.4. The fourth-order valence-corrected chi connectivity index (χ4v) is 11.2. The summed E-state index contributed by atoms with van der Waals surface area (Å²) in [7, 11) is 0. The van der Waals surface area contributed by atoms with Crippen LogP contribution in [0, 0.1) is 0 Å². The molecule has 0 nitrogen and oxygen atoms in total. The Kier molecular flexibility index (Phi) is 5.62. The Balaban J connectivity index is 1.15. The summed E-state index contributed by atoms with van der Waals surface area (Å²) in [5, 5.41) is 17.4. The first-order valence-electron chi connectivity index (χ1n) is 19.0. The Bertz CT molecular complexity index is 2900. The van der Waals surface area contributed by atoms with Crippen LogP contribution in [-0.4, -0.2) is 0 Å². The molecular formula is C50H38. The minimum atomic E-state index is 0.466. The molecule has 12 rings (SSSR count). The minimum absolute atomic E-state index is 0.466. The highest BCUT2D eigenvalue weighted by molar-refractivity contribution is 6.34. The molecule has 9 aromatic carbocycles. The second-order valence-electron chi connectivity index (χ2n) is 15.5. The van der Waals surface area contributed by atoms with E-state index in [4.69, 9.17) is 0 Å². The van der Waals surface area contributed by atoms with Crippen LogP contribution in [0.1, 0.15) is 70.5 Å². The molecule has 3 aliphatic carbocycles. The van der Waals surface area contributed by atoms with E-state index >= 15 is 0 Å². The number of fused-ring (bicyclic) bond motifs is 6. The van der Waals surface area contributed by atoms with Crippen LogP contribution in [0.5, 0.6) is 0 Å². The lowest BCUT2D eigenvalue weighted by Gasteiger charge is -2.29. The van der Waals surface area contributed by atoms with E-state index in [9.17, 15) is 0 Å². The Morgan fingerprint density at radius 3 is 1.74 bits per heavy atom. The molecule has 0 spiro atoms. The monoisotopic (exact) mass is 638 g/mol. The number of benzene rings is 9. The quantitative estimate of drug-likeness (QED) is 0.131. The van der Waals surface area contributed by atoms with Crippen molar-refractivity contribution in [2.24, 2.45) is 0 Å². The highest BCUT2D eigenvalue weighted by Gasteiger charge is 2.28. The molecule has 3 aliphatic rings. The topological polar surface area (TPSA) is 0 Å². The summed E-state index contributed by atoms with van der Waals surface area (Å²) in [5.41, 5.74) is 13.7. The van der Waals surface area contributed by atoms with E-state index in [0.717, 1.165) is 12.8 Å². The van der Waals surface area contributed by atoms with Crippen LogP contribution in [0.3, 0.4) is 0 Å². The molecule has 0 radical (unpaired) electrons. The van der Waals surface area contributed by atoms with E-state index in [-0.39, 0.29) is 0 Å². The molecule has 0 aliphatic heterocycles. The van der Waals surface area contributed by atoms with E-state index in [2.05, 4.69) is 115 Å². The van der Waals surface area contributed by atoms with Crippen molar-refractivity contribution in [2.75, 3.05) is 0 Å². The lowest BCUT2D eigenvalue weighted by atomic mass is 9.75. The Morgan fingerprint density at radius 2 is 0.920 bits per heavy atom. The molecule has 0 saturated carbocycles. The van der Waals surface area contributed by atoms with Gasteiger partial charge in [-0.1, -0.05) is 115 Å². The number of aryl methyl sites for hydroxylation is 4. The summed E-state index contributed by atoms with van der Waals surface area (Å²) >= 11 is 0. The number of rotatable bonds is 2. The molecule has 1 unspecified atom stereocenters. The fourth-order valence-electron chi connectivity index (χ4n) is 11.2. The lowest BCUT2D eigenvalue weighted by molar-refractivity contribution is 0.619. The number of hydrogen-bond donors (Lipinski definition) is 0. The van der Waals surface area contributed by atoms with Crippen molar-refractivity contribution in [1.82, 2.24) is 0 Å². The first kappa shape index (κ1) is 27.6. The zero-order valence-corrected chi connectivity index (χ0v) is 28.4. The zero-order chi connectivity index (χ0) is 32.5. The molecule has 1 atom stereocenters. The van der Waals surface area contributed by atoms with E-state index in [1.165, 1.54) is 137 Å². The van der Waals surface area contributed by atoms with Gasteiger partial charge in [0.15, 0.2) is 0 Å². The van der Waals surface area contributed by atoms with Gasteiger partial charge >= 0.3 is 0 Å². The van der Waals surface area contributed by atoms with Gasteiger partial charge in [0.25, 0.3) is 0 Å². The fraction of sp³-hybridized carbons (Fsp3) is 0.200. The third-order valence-corrected chi connectivity index (χ3v) is 13.2. The predicted molar refractivity (Wildman–Crippen MR) is 213 cm³/mol. The second kappa shape index (κ2) is 10.2. The van der Waals surface area contributed by atoms with Crippen LogP contribution >= 0.6 is 0 Å². The third kappa shape index (κ3) is 3.57. The molecule has 0 fully saturated rings. The molecule has 0 amide bonds. The van der Waals surface area contributed by atoms with E-state index in [1.54, 1.807) is 22.3 Å². The highest BCUT2D eigenvalue weighted by Crippen LogP contribution is 2.51. The first-order valence-corrected chi connectivity index (χ1v) is 19.0. The average Bonchev–Trinajstić information content (AvgIpc) is 3.18. The summed E-state index contributed by atoms with van der Waals surface area (Å²) in [4.78, 5) is 0. The molecule has 50 heavy (non-hydrogen) atoms. The summed E-state index contributed by atoms with van der Waals surface area (Å²) in [6.07, 6.45) is 10.9. The Hall–Kier alpha value is -5.20.